The largest absolute Gasteiger partial charge is 0.328 e. The van der Waals surface area contributed by atoms with E-state index in [-0.39, 0.29) is 18.4 Å². The molecule has 1 aromatic carbocycles. The number of aryl methyl sites for hydroxylation is 2. The number of hydrogen-bond acceptors (Lipinski definition) is 3. The van der Waals surface area contributed by atoms with E-state index in [2.05, 4.69) is 15.9 Å². The Labute approximate surface area is 135 Å². The molecule has 1 saturated heterocycles. The summed E-state index contributed by atoms with van der Waals surface area (Å²) in [5.74, 6) is 0. The van der Waals surface area contributed by atoms with Crippen molar-refractivity contribution in [2.45, 2.75) is 37.6 Å². The second kappa shape index (κ2) is 6.75. The number of halogens is 2. The molecule has 0 saturated carbocycles. The molecule has 1 aliphatic heterocycles. The molecule has 0 spiro atoms. The number of sulfonamides is 1. The summed E-state index contributed by atoms with van der Waals surface area (Å²) in [5, 5.41) is 0. The topological polar surface area (TPSA) is 63.4 Å². The highest BCUT2D eigenvalue weighted by Crippen LogP contribution is 2.27. The molecule has 0 aromatic heterocycles. The molecule has 1 heterocycles. The first kappa shape index (κ1) is 17.9. The zero-order valence-electron chi connectivity index (χ0n) is 11.6. The highest BCUT2D eigenvalue weighted by atomic mass is 79.9. The Balaban J connectivity index is 0.00000200. The van der Waals surface area contributed by atoms with Gasteiger partial charge in [0.25, 0.3) is 0 Å². The molecule has 1 aromatic rings. The van der Waals surface area contributed by atoms with E-state index < -0.39 is 10.0 Å². The summed E-state index contributed by atoms with van der Waals surface area (Å²) >= 11 is 3.43. The van der Waals surface area contributed by atoms with Gasteiger partial charge in [-0.2, -0.15) is 4.31 Å². The predicted molar refractivity (Wildman–Crippen MR) is 86.8 cm³/mol. The summed E-state index contributed by atoms with van der Waals surface area (Å²) in [7, 11) is -3.40. The molecule has 0 unspecified atom stereocenters. The first-order valence-corrected chi connectivity index (χ1v) is 8.58. The molecule has 4 nitrogen and oxygen atoms in total. The molecule has 0 radical (unpaired) electrons. The van der Waals surface area contributed by atoms with Gasteiger partial charge in [0, 0.05) is 23.6 Å². The van der Waals surface area contributed by atoms with Gasteiger partial charge in [-0.1, -0.05) is 15.9 Å². The van der Waals surface area contributed by atoms with Gasteiger partial charge >= 0.3 is 0 Å². The number of hydrogen-bond donors (Lipinski definition) is 1. The lowest BCUT2D eigenvalue weighted by molar-refractivity contribution is 0.320. The van der Waals surface area contributed by atoms with Crippen LogP contribution in [-0.4, -0.2) is 31.9 Å². The normalized spacial score (nSPS) is 17.8. The maximum absolute atomic E-state index is 12.6. The fraction of sp³-hybridized carbons (Fsp3) is 0.538. The average Bonchev–Trinajstić information content (AvgIpc) is 2.34. The minimum Gasteiger partial charge on any atom is -0.328 e. The van der Waals surface area contributed by atoms with Crippen LogP contribution in [0.2, 0.25) is 0 Å². The van der Waals surface area contributed by atoms with E-state index in [0.717, 1.165) is 28.4 Å². The molecule has 7 heteroatoms. The quantitative estimate of drug-likeness (QED) is 0.854. The van der Waals surface area contributed by atoms with Crippen molar-refractivity contribution in [1.29, 1.82) is 0 Å². The van der Waals surface area contributed by atoms with E-state index in [4.69, 9.17) is 5.73 Å². The lowest BCUT2D eigenvalue weighted by atomic mass is 10.1. The van der Waals surface area contributed by atoms with Gasteiger partial charge in [-0.05, 0) is 49.9 Å². The molecule has 2 rings (SSSR count). The van der Waals surface area contributed by atoms with Crippen molar-refractivity contribution in [3.63, 3.8) is 0 Å². The number of benzene rings is 1. The van der Waals surface area contributed by atoms with E-state index in [0.29, 0.717) is 18.0 Å². The van der Waals surface area contributed by atoms with Crippen LogP contribution in [0.3, 0.4) is 0 Å². The van der Waals surface area contributed by atoms with Crippen LogP contribution in [0.25, 0.3) is 0 Å². The molecule has 0 atom stereocenters. The van der Waals surface area contributed by atoms with Crippen LogP contribution in [0.5, 0.6) is 0 Å². The molecular weight excluding hydrogens is 364 g/mol. The third kappa shape index (κ3) is 3.54. The maximum atomic E-state index is 12.6. The van der Waals surface area contributed by atoms with Gasteiger partial charge in [0.15, 0.2) is 0 Å². The lowest BCUT2D eigenvalue weighted by Crippen LogP contribution is -2.42. The van der Waals surface area contributed by atoms with Crippen LogP contribution in [0.1, 0.15) is 24.0 Å². The van der Waals surface area contributed by atoms with Gasteiger partial charge in [0.2, 0.25) is 10.0 Å². The third-order valence-electron chi connectivity index (χ3n) is 3.57. The van der Waals surface area contributed by atoms with Crippen LogP contribution >= 0.6 is 28.3 Å². The SMILES string of the molecule is Cc1cc(S(=O)(=O)N2CCC(N)CC2)c(C)cc1Br.Cl. The summed E-state index contributed by atoms with van der Waals surface area (Å²) in [6, 6.07) is 3.72. The Hall–Kier alpha value is -0.140. The number of piperidine rings is 1. The number of nitrogens with zero attached hydrogens (tertiary/aromatic N) is 1. The summed E-state index contributed by atoms with van der Waals surface area (Å²) < 4.78 is 27.8. The van der Waals surface area contributed by atoms with Crippen molar-refractivity contribution in [3.05, 3.63) is 27.7 Å². The van der Waals surface area contributed by atoms with E-state index in [1.54, 1.807) is 10.4 Å². The average molecular weight is 384 g/mol. The Morgan fingerprint density at radius 2 is 1.75 bits per heavy atom. The summed E-state index contributed by atoms with van der Waals surface area (Å²) in [6.45, 7) is 4.75. The molecule has 1 fully saturated rings. The molecule has 1 aliphatic rings. The molecule has 20 heavy (non-hydrogen) atoms. The zero-order valence-corrected chi connectivity index (χ0v) is 14.8. The Bertz CT molecular complexity index is 584. The number of nitrogens with two attached hydrogens (primary N) is 1. The number of rotatable bonds is 2. The van der Waals surface area contributed by atoms with Crippen molar-refractivity contribution >= 4 is 38.4 Å². The second-order valence-corrected chi connectivity index (χ2v) is 7.87. The van der Waals surface area contributed by atoms with Crippen molar-refractivity contribution < 1.29 is 8.42 Å². The molecular formula is C13H20BrClN2O2S. The Morgan fingerprint density at radius 3 is 2.30 bits per heavy atom. The van der Waals surface area contributed by atoms with Crippen LogP contribution in [-0.2, 0) is 10.0 Å². The van der Waals surface area contributed by atoms with Gasteiger partial charge in [-0.15, -0.1) is 12.4 Å². The third-order valence-corrected chi connectivity index (χ3v) is 6.47. The van der Waals surface area contributed by atoms with Crippen molar-refractivity contribution in [2.75, 3.05) is 13.1 Å². The maximum Gasteiger partial charge on any atom is 0.243 e. The zero-order chi connectivity index (χ0) is 14.2. The molecule has 0 amide bonds. The van der Waals surface area contributed by atoms with Gasteiger partial charge < -0.3 is 5.73 Å². The fourth-order valence-corrected chi connectivity index (χ4v) is 4.51. The van der Waals surface area contributed by atoms with Crippen molar-refractivity contribution in [2.24, 2.45) is 5.73 Å². The second-order valence-electron chi connectivity index (χ2n) is 5.11. The Morgan fingerprint density at radius 1 is 1.20 bits per heavy atom. The van der Waals surface area contributed by atoms with Gasteiger partial charge in [-0.3, -0.25) is 0 Å². The molecule has 0 aliphatic carbocycles. The van der Waals surface area contributed by atoms with E-state index in [9.17, 15) is 8.42 Å². The monoisotopic (exact) mass is 382 g/mol. The van der Waals surface area contributed by atoms with Crippen molar-refractivity contribution in [1.82, 2.24) is 4.31 Å². The highest BCUT2D eigenvalue weighted by molar-refractivity contribution is 9.10. The minimum atomic E-state index is -3.40. The molecule has 114 valence electrons. The van der Waals surface area contributed by atoms with Crippen LogP contribution in [0, 0.1) is 13.8 Å². The fourth-order valence-electron chi connectivity index (χ4n) is 2.29. The van der Waals surface area contributed by atoms with Gasteiger partial charge in [0.1, 0.15) is 0 Å². The Kier molecular flexibility index (Phi) is 6.04. The summed E-state index contributed by atoms with van der Waals surface area (Å²) in [6.07, 6.45) is 1.46. The smallest absolute Gasteiger partial charge is 0.243 e. The minimum absolute atomic E-state index is 0. The molecule has 2 N–H and O–H groups in total. The van der Waals surface area contributed by atoms with E-state index in [1.807, 2.05) is 19.9 Å². The summed E-state index contributed by atoms with van der Waals surface area (Å²) in [4.78, 5) is 0.406. The van der Waals surface area contributed by atoms with Crippen molar-refractivity contribution in [3.8, 4) is 0 Å². The van der Waals surface area contributed by atoms with Gasteiger partial charge in [0.05, 0.1) is 4.90 Å². The van der Waals surface area contributed by atoms with Gasteiger partial charge in [-0.25, -0.2) is 8.42 Å². The van der Waals surface area contributed by atoms with Crippen LogP contribution in [0.15, 0.2) is 21.5 Å². The van der Waals surface area contributed by atoms with Crippen LogP contribution < -0.4 is 5.73 Å². The molecule has 0 bridgehead atoms. The lowest BCUT2D eigenvalue weighted by Gasteiger charge is -2.29. The predicted octanol–water partition coefficient (Wildman–Crippen LogP) is 2.60. The summed E-state index contributed by atoms with van der Waals surface area (Å²) in [5.41, 5.74) is 7.52. The standard InChI is InChI=1S/C13H19BrN2O2S.ClH/c1-9-8-13(10(2)7-12(9)14)19(17,18)16-5-3-11(15)4-6-16;/h7-8,11H,3-6,15H2,1-2H3;1H. The van der Waals surface area contributed by atoms with E-state index >= 15 is 0 Å². The van der Waals surface area contributed by atoms with E-state index in [1.165, 1.54) is 0 Å². The van der Waals surface area contributed by atoms with Crippen LogP contribution in [0.4, 0.5) is 0 Å². The highest BCUT2D eigenvalue weighted by Gasteiger charge is 2.29. The first-order valence-electron chi connectivity index (χ1n) is 6.35. The first-order chi connectivity index (χ1) is 8.82.